The first kappa shape index (κ1) is 65.2. The molecule has 32 nitrogen and oxygen atoms in total. The molecule has 4 aliphatic rings. The zero-order chi connectivity index (χ0) is 232. The number of primary amides is 2. The van der Waals surface area contributed by atoms with Crippen molar-refractivity contribution >= 4 is 197 Å². The number of aryl methyl sites for hydroxylation is 6. The van der Waals surface area contributed by atoms with Gasteiger partial charge in [-0.2, -0.15) is 0 Å². The zero-order valence-electron chi connectivity index (χ0n) is 209. The number of carbonyl (C=O) groups excluding carboxylic acids is 5. The zero-order valence-corrected chi connectivity index (χ0v) is 92.9. The summed E-state index contributed by atoms with van der Waals surface area (Å²) in [5.74, 6) is 1.83. The quantitative estimate of drug-likeness (QED) is 0.0340. The molecule has 0 bridgehead atoms. The van der Waals surface area contributed by atoms with Crippen molar-refractivity contribution in [3.63, 3.8) is 0 Å². The number of carbonyl (C=O) groups is 5. The summed E-state index contributed by atoms with van der Waals surface area (Å²) in [6, 6.07) is 42.6. The molecule has 3 radical (unpaired) electrons. The van der Waals surface area contributed by atoms with E-state index >= 15 is 0 Å². The maximum atomic E-state index is 11.6. The van der Waals surface area contributed by atoms with Gasteiger partial charge in [0.25, 0.3) is 11.8 Å². The Morgan fingerprint density at radius 2 is 0.750 bits per heavy atom. The van der Waals surface area contributed by atoms with Gasteiger partial charge in [0, 0.05) is 251 Å². The predicted octanol–water partition coefficient (Wildman–Crippen LogP) is 33.8. The molecule has 3 saturated heterocycles. The summed E-state index contributed by atoms with van der Waals surface area (Å²) in [6.45, 7) is 68.0. The Hall–Kier alpha value is -10.2. The summed E-state index contributed by atoms with van der Waals surface area (Å²) in [4.78, 5) is 98.5. The van der Waals surface area contributed by atoms with E-state index in [1.165, 1.54) is 30.3 Å². The maximum absolute atomic E-state index is 11.6. The molecule has 148 heavy (non-hydrogen) atoms. The third-order valence-corrected chi connectivity index (χ3v) is 23.9. The number of phenolic OH excluding ortho intramolecular Hbond substituents is 1. The minimum Gasteiger partial charge on any atom is -1.00 e. The first-order valence-electron chi connectivity index (χ1n) is 105. The summed E-state index contributed by atoms with van der Waals surface area (Å²) in [7, 11) is -2.42. The van der Waals surface area contributed by atoms with Crippen molar-refractivity contribution in [2.24, 2.45) is 11.5 Å². The van der Waals surface area contributed by atoms with Crippen molar-refractivity contribution in [3.05, 3.63) is 317 Å². The molecule has 15 rings (SSSR count). The molecule has 7 aromatic heterocycles. The molecule has 897 valence electrons. The fourth-order valence-electron chi connectivity index (χ4n) is 11.6. The van der Waals surface area contributed by atoms with Crippen molar-refractivity contribution < 1.29 is 344 Å². The molecule has 6 N–H and O–H groups in total. The number of aldehydes is 3. The second-order valence-corrected chi connectivity index (χ2v) is 36.6. The number of aromatic hydroxyl groups is 1. The molecule has 3 fully saturated rings. The van der Waals surface area contributed by atoms with Crippen LogP contribution in [0.4, 0.5) is 37.2 Å². The van der Waals surface area contributed by atoms with Gasteiger partial charge >= 0.3 is 87.4 Å². The van der Waals surface area contributed by atoms with Crippen LogP contribution in [0, 0.1) is 74.4 Å². The average molecular weight is 2530 g/mol. The van der Waals surface area contributed by atoms with Crippen LogP contribution in [0.3, 0.4) is 0 Å². The first-order valence-corrected chi connectivity index (χ1v) is 45.3. The number of aromatic nitrogens is 7. The first-order chi connectivity index (χ1) is 129. The second-order valence-electron chi connectivity index (χ2n) is 33.0. The third kappa shape index (κ3) is 41.2. The fourth-order valence-corrected chi connectivity index (χ4v) is 13.3. The predicted molar refractivity (Wildman–Crippen MR) is 711 cm³/mol. The number of benzene rings is 4. The molecule has 11 heterocycles. The monoisotopic (exact) mass is 2520 g/mol. The van der Waals surface area contributed by atoms with Crippen molar-refractivity contribution in [1.82, 2.24) is 34.9 Å². The van der Waals surface area contributed by atoms with E-state index in [1.54, 1.807) is 163 Å². The van der Waals surface area contributed by atoms with Crippen LogP contribution in [-0.4, -0.2) is 159 Å². The van der Waals surface area contributed by atoms with E-state index in [9.17, 15) is 37.8 Å². The van der Waals surface area contributed by atoms with Gasteiger partial charge in [0.05, 0.1) is 89.9 Å². The number of ether oxygens (including phenoxy) is 3. The van der Waals surface area contributed by atoms with Crippen molar-refractivity contribution in [2.45, 2.75) is 201 Å². The van der Waals surface area contributed by atoms with Crippen LogP contribution in [0.25, 0.3) is 24.2 Å². The van der Waals surface area contributed by atoms with Gasteiger partial charge < -0.3 is 74.9 Å². The van der Waals surface area contributed by atoms with Crippen LogP contribution < -0.4 is 101 Å². The van der Waals surface area contributed by atoms with Gasteiger partial charge in [-0.15, -0.1) is 0 Å². The molecule has 0 saturated carbocycles. The van der Waals surface area contributed by atoms with E-state index < -0.39 is 64.3 Å². The van der Waals surface area contributed by atoms with Gasteiger partial charge in [0.2, 0.25) is 52.5 Å². The minimum atomic E-state index is -2.67. The van der Waals surface area contributed by atoms with Gasteiger partial charge in [0.1, 0.15) is 55.0 Å². The third-order valence-electron chi connectivity index (χ3n) is 21.4. The smallest absolute Gasteiger partial charge is 1.00 e. The van der Waals surface area contributed by atoms with Gasteiger partial charge in [-0.3, -0.25) is 33.9 Å². The van der Waals surface area contributed by atoms with Crippen LogP contribution >= 0.6 is 89.9 Å². The van der Waals surface area contributed by atoms with Crippen molar-refractivity contribution in [1.29, 1.82) is 0 Å². The van der Waals surface area contributed by atoms with Crippen molar-refractivity contribution in [3.8, 4) is 40.6 Å². The summed E-state index contributed by atoms with van der Waals surface area (Å²) >= 11 is 34.1. The topological polar surface area (TPSA) is 405 Å². The molecule has 0 spiro atoms. The van der Waals surface area contributed by atoms with E-state index in [4.69, 9.17) is 346 Å². The Morgan fingerprint density at radius 1 is 0.459 bits per heavy atom. The van der Waals surface area contributed by atoms with Gasteiger partial charge in [0.15, 0.2) is 12.6 Å². The van der Waals surface area contributed by atoms with Crippen LogP contribution in [-0.2, 0) is 39.2 Å². The fraction of sp³-hybridized carbons (Fsp3) is 0.310. The summed E-state index contributed by atoms with van der Waals surface area (Å²) < 4.78 is 710. The largest absolute Gasteiger partial charge is 1.00 e. The molecule has 0 aliphatic carbocycles. The van der Waals surface area contributed by atoms with Crippen LogP contribution in [0.5, 0.6) is 40.6 Å². The number of pyridine rings is 7. The van der Waals surface area contributed by atoms with E-state index in [1.807, 2.05) is 89.2 Å². The Bertz CT molecular complexity index is 6670. The molecule has 48 heteroatoms. The standard InChI is InChI=1S/C20H21BN2O4.C14H11BN2O3.C14H9BrN2O2.C12H24B2O4.C7H5BrO2.C7H7ClN2O.2C7H5ClN2.C6H4Cl2N2O.C2H3F2O.4CH4.B.2Na.64H2.H/c1-13-17(22-6)9-10-18(23-13)25-15-7-8-16(14(11-15)12-24)21-26-19(2,3)20(4,5)27-21;1-9-13(16-2)5-6-14(17-9)20-11-3-4-12-10(7-11)8-19-15(12)18;1-9-13(16-2)5-6-14(17-9)19-11-3-4-12(15)10(7-11)8-18;1-9(2)10(3,4)16-13(15-9)14-17-11(5,6)12(7,8)18-14;8-7-2-1-6(10)3-5(7)4-9;1-4-5(7(9)11)2-3-6(8)10-4;2*1-5-6(9-2)3-4-7(8)10-5;7-4-2-1-3(6(9)11)5(8)10-4;3-2(4)1-5;;;;;;;;;;;;;;;;;;;;;;;;;;;;;;;;;;;;;;;;;;;;;;;;;;;;;;;;;;;;;;;;;;;;;;;;/h7-12H,1-5H3;3-7,18H,8H2,1H3;3-8H,1H3;1-8H3;1-4,10H;2-3H,1H3,(H2,9,11);2*3-4H,1H3;1-2H,(H2,9,11);2H,1H2;4*1H4;;;;64*1H;/q;;;;;;;;;-1;;;;;;2*+1;;;;;;;;;;;;;;;;;;;;;;;;;;;;;;;;;;;;;;;;;;;;;;;;;;;;;;;;;;;;;;;;;-1/i;;;;;;;;;;;;;;;;;63*1+1D;1+1;. The number of hydrogen-bond acceptors (Lipinski definition) is 25. The number of rotatable bonds is 14. The molecule has 11 aromatic rings. The Balaban J connectivity index is -0.0000000255. The second kappa shape index (κ2) is 63.8. The number of nitrogens with zero attached hydrogens (tertiary/aromatic N) is 12. The van der Waals surface area contributed by atoms with E-state index in [0.717, 1.165) is 23.6 Å². The molecule has 4 aliphatic heterocycles. The number of fused-ring (bicyclic) bond motifs is 1. The van der Waals surface area contributed by atoms with Crippen LogP contribution in [0.15, 0.2) is 167 Å². The normalized spacial score (nSPS) is 17.1. The summed E-state index contributed by atoms with van der Waals surface area (Å²) in [6.07, 6.45) is -0.481. The number of phenols is 1. The minimum absolute atomic E-state index is 0. The molecule has 0 atom stereocenters. The maximum Gasteiger partial charge on any atom is 1.00 e. The number of hydrogen-bond donors (Lipinski definition) is 4. The number of nitrogens with two attached hydrogens (primary N) is 2. The molecular weight excluding hydrogens is 2160 g/mol. The van der Waals surface area contributed by atoms with Crippen molar-refractivity contribution in [2.75, 3.05) is 6.61 Å². The average Bonchev–Trinajstić information content (AvgIpc) is 1.59. The SMILES string of the molecule is C.C.C.C.CC1(C)OB(B2OC(C)(C)C(C)(C)O2)OC1(C)C.Cc1nc(Cl)ccc1C(N)=O.NC(=O)c1ccc(Cl)nc1Cl.O=Cc1cc(O)ccc1Br.[2HH].[2H][2H].[2H][2H].[2H][2H].[2H][2H].[2H][2H].[2H][2H].[2H][2H].[2H][2H].[2H][2H].[2H][2H].[2H][2H].[2H][2H].[2H][2H].[2H][2H].[2H][2H].[2H][2H].[2H][2H].[2H][2H].[2H][2H].[2H][2H].[2H][2H].[2H][2H].[2H][2H].[2H][2H].[2H][2H].[2H][2H].[2H][2H].[2H][2H].[2H][2H].[2H][2H].[2H][2H].[2H][2H].[2H][2H].[2H][2H].[2H][2H].[2H][2H].[2H][2H].[2H][2H].[2H][2H].[2H][2H].[2H][2H].[2H][2H].[2H][2H].[2H][2H].[2H][2H].[2H][2H].[2H][2H].[2H][2H].[2H][2H].[2H][2H].[2H][2H].[2H][2H].[2H][2H].[2H][2H].[2H][2H].[2H][2H].[2H][2H].[2H][2H].[2H][2H].[2H][2H].[2H][2H].[2H][2H].[2H][2H].[B].[C-]#[N+]c1ccc(Cl)nc1C.[C-]#[N+]c1ccc(Cl)nc1C.[C-]#[N+]c1ccc(Oc2ccc(B3OC(C)(C)C(C)(C)O3)c(C=O)c2)nc1C.[C-]#[N+]c1ccc(Oc2ccc(Br)c(C=O)c2)nc1C.[C-]#[N+]c1ccc(Oc2ccc3c(c2)COB3O)nc1C.[H-].[Na+].[Na+].[O-]CC(F)F. The summed E-state index contributed by atoms with van der Waals surface area (Å²) in [5.41, 5.74) is 18.3. The van der Waals surface area contributed by atoms with E-state index in [0.29, 0.717) is 163 Å². The molecule has 2 amide bonds. The Kier molecular flexibility index (Phi) is 28.1. The summed E-state index contributed by atoms with van der Waals surface area (Å²) in [5, 5.41) is 28.8. The molecular formula is C100H239B5Br2Cl5F2N14Na2O18. The number of alkyl halides is 2. The van der Waals surface area contributed by atoms with Crippen LogP contribution in [0.1, 0.15) is 394 Å². The van der Waals surface area contributed by atoms with E-state index in [2.05, 4.69) is 91.0 Å². The Morgan fingerprint density at radius 3 is 1.07 bits per heavy atom. The Labute approximate surface area is 1150 Å². The number of amides is 2. The number of halogens is 9. The van der Waals surface area contributed by atoms with Gasteiger partial charge in [-0.1, -0.05) is 150 Å². The molecule has 4 aromatic carbocycles. The van der Waals surface area contributed by atoms with Gasteiger partial charge in [-0.25, -0.2) is 57.9 Å². The van der Waals surface area contributed by atoms with Gasteiger partial charge in [-0.05, 0) is 275 Å². The van der Waals surface area contributed by atoms with E-state index in [-0.39, 0.29) is 144 Å². The molecule has 0 unspecified atom stereocenters. The van der Waals surface area contributed by atoms with Crippen LogP contribution in [0.2, 0.25) is 25.8 Å².